The molecular formula is C12H11N3O9S. The van der Waals surface area contributed by atoms with Crippen molar-refractivity contribution in [2.24, 2.45) is 4.58 Å². The summed E-state index contributed by atoms with van der Waals surface area (Å²) in [5, 5.41) is -2.04. The number of nitroso groups, excluding NO2 is 1. The molecule has 2 heterocycles. The molecule has 2 rings (SSSR count). The first kappa shape index (κ1) is 18.4. The number of carbonyl (C=O) groups excluding carboxylic acids is 5. The zero-order valence-electron chi connectivity index (χ0n) is 12.5. The third-order valence-electron chi connectivity index (χ3n) is 3.38. The molecule has 0 aromatic rings. The van der Waals surface area contributed by atoms with Crippen LogP contribution in [0.25, 0.3) is 0 Å². The van der Waals surface area contributed by atoms with Crippen LogP contribution in [0.1, 0.15) is 19.3 Å². The maximum Gasteiger partial charge on any atom is 0.333 e. The average Bonchev–Trinajstić information content (AvgIpc) is 3.02. The molecule has 0 aliphatic carbocycles. The van der Waals surface area contributed by atoms with Gasteiger partial charge in [0.2, 0.25) is 0 Å². The second-order valence-corrected chi connectivity index (χ2v) is 6.78. The monoisotopic (exact) mass is 373 g/mol. The zero-order chi connectivity index (χ0) is 18.8. The van der Waals surface area contributed by atoms with Crippen molar-refractivity contribution >= 4 is 39.6 Å². The van der Waals surface area contributed by atoms with Crippen LogP contribution < -0.4 is 0 Å². The Bertz CT molecular complexity index is 783. The van der Waals surface area contributed by atoms with Crippen molar-refractivity contribution in [3.05, 3.63) is 17.1 Å². The molecule has 0 aromatic carbocycles. The van der Waals surface area contributed by atoms with Crippen LogP contribution in [0.15, 0.2) is 16.7 Å². The van der Waals surface area contributed by atoms with Gasteiger partial charge in [0.25, 0.3) is 23.6 Å². The summed E-state index contributed by atoms with van der Waals surface area (Å²) in [4.78, 5) is 73.2. The molecule has 0 saturated carbocycles. The molecule has 0 radical (unpaired) electrons. The molecule has 0 N–H and O–H groups in total. The van der Waals surface area contributed by atoms with Crippen LogP contribution in [-0.4, -0.2) is 59.8 Å². The Morgan fingerprint density at radius 1 is 1.20 bits per heavy atom. The van der Waals surface area contributed by atoms with Gasteiger partial charge in [0.1, 0.15) is 0 Å². The van der Waals surface area contributed by atoms with E-state index in [2.05, 4.69) is 4.84 Å². The van der Waals surface area contributed by atoms with Crippen molar-refractivity contribution in [3.63, 3.8) is 0 Å². The van der Waals surface area contributed by atoms with E-state index < -0.39 is 51.3 Å². The molecule has 1 fully saturated rings. The van der Waals surface area contributed by atoms with Crippen LogP contribution in [0.2, 0.25) is 0 Å². The number of imide groups is 2. The Morgan fingerprint density at radius 3 is 2.36 bits per heavy atom. The Balaban J connectivity index is 1.87. The number of rotatable bonds is 7. The fourth-order valence-electron chi connectivity index (χ4n) is 2.14. The van der Waals surface area contributed by atoms with Crippen LogP contribution in [0.5, 0.6) is 0 Å². The number of carbonyl (C=O) groups is 5. The molecule has 1 unspecified atom stereocenters. The molecule has 0 aromatic heterocycles. The lowest BCUT2D eigenvalue weighted by atomic mass is 10.3. The lowest BCUT2D eigenvalue weighted by Gasteiger charge is -2.15. The first-order chi connectivity index (χ1) is 11.7. The van der Waals surface area contributed by atoms with E-state index in [1.807, 2.05) is 4.58 Å². The molecule has 2 aliphatic rings. The third-order valence-corrected chi connectivity index (χ3v) is 4.68. The standard InChI is InChI=1S/C12H11N3O9S/c16-8-3-4-9(17)14(8)5-1-2-11(19)24-15-10(18)6-7(12(15)20)25(22,23)13-21/h3-4,7H,1-2,5-6H2. The maximum absolute atomic E-state index is 11.8. The molecule has 134 valence electrons. The molecule has 0 bridgehead atoms. The number of hydrogen-bond donors (Lipinski definition) is 0. The smallest absolute Gasteiger partial charge is 0.330 e. The van der Waals surface area contributed by atoms with Gasteiger partial charge < -0.3 is 4.84 Å². The van der Waals surface area contributed by atoms with Gasteiger partial charge in [-0.2, -0.15) is 0 Å². The van der Waals surface area contributed by atoms with Crippen LogP contribution in [0, 0.1) is 4.91 Å². The molecule has 13 heteroatoms. The summed E-state index contributed by atoms with van der Waals surface area (Å²) < 4.78 is 24.4. The third kappa shape index (κ3) is 3.76. The number of nitrogens with zero attached hydrogens (tertiary/aromatic N) is 3. The molecule has 1 saturated heterocycles. The van der Waals surface area contributed by atoms with Gasteiger partial charge in [-0.1, -0.05) is 0 Å². The van der Waals surface area contributed by atoms with Gasteiger partial charge in [-0.15, -0.1) is 9.97 Å². The summed E-state index contributed by atoms with van der Waals surface area (Å²) in [6.45, 7) is -0.0757. The van der Waals surface area contributed by atoms with Crippen LogP contribution in [0.3, 0.4) is 0 Å². The summed E-state index contributed by atoms with van der Waals surface area (Å²) in [6, 6.07) is 0. The second kappa shape index (κ2) is 6.88. The van der Waals surface area contributed by atoms with Gasteiger partial charge in [-0.3, -0.25) is 24.1 Å². The molecule has 1 atom stereocenters. The van der Waals surface area contributed by atoms with Crippen LogP contribution in [0.4, 0.5) is 0 Å². The normalized spacial score (nSPS) is 20.6. The minimum atomic E-state index is -4.71. The van der Waals surface area contributed by atoms with Crippen molar-refractivity contribution in [1.29, 1.82) is 0 Å². The van der Waals surface area contributed by atoms with Crippen molar-refractivity contribution in [2.75, 3.05) is 6.54 Å². The van der Waals surface area contributed by atoms with Gasteiger partial charge in [-0.05, 0) is 6.42 Å². The first-order valence-electron chi connectivity index (χ1n) is 6.87. The van der Waals surface area contributed by atoms with E-state index in [4.69, 9.17) is 0 Å². The Labute approximate surface area is 140 Å². The van der Waals surface area contributed by atoms with E-state index >= 15 is 0 Å². The highest BCUT2D eigenvalue weighted by Crippen LogP contribution is 2.22. The van der Waals surface area contributed by atoms with E-state index in [1.54, 1.807) is 0 Å². The van der Waals surface area contributed by atoms with E-state index in [0.29, 0.717) is 0 Å². The molecule has 25 heavy (non-hydrogen) atoms. The molecular weight excluding hydrogens is 362 g/mol. The van der Waals surface area contributed by atoms with E-state index in [0.717, 1.165) is 17.1 Å². The van der Waals surface area contributed by atoms with Crippen molar-refractivity contribution in [3.8, 4) is 0 Å². The van der Waals surface area contributed by atoms with Crippen LogP contribution >= 0.6 is 0 Å². The lowest BCUT2D eigenvalue weighted by molar-refractivity contribution is -0.197. The van der Waals surface area contributed by atoms with Gasteiger partial charge >= 0.3 is 16.0 Å². The lowest BCUT2D eigenvalue weighted by Crippen LogP contribution is -2.36. The summed E-state index contributed by atoms with van der Waals surface area (Å²) in [5.74, 6) is -4.60. The van der Waals surface area contributed by atoms with Gasteiger partial charge in [-0.25, -0.2) is 13.2 Å². The fraction of sp³-hybridized carbons (Fsp3) is 0.417. The SMILES string of the molecule is O=NS(=O)(=O)C1CC(=O)N(OC(=O)CCCN2C(=O)C=CC2=O)C1=O. The minimum absolute atomic E-state index is 0.00579. The maximum atomic E-state index is 11.8. The Hall–Kier alpha value is -2.96. The molecule has 4 amide bonds. The van der Waals surface area contributed by atoms with Gasteiger partial charge in [0, 0.05) is 25.1 Å². The fourth-order valence-corrected chi connectivity index (χ4v) is 2.95. The Kier molecular flexibility index (Phi) is 5.06. The predicted molar refractivity (Wildman–Crippen MR) is 76.2 cm³/mol. The highest BCUT2D eigenvalue weighted by Gasteiger charge is 2.49. The van der Waals surface area contributed by atoms with E-state index in [-0.39, 0.29) is 24.4 Å². The zero-order valence-corrected chi connectivity index (χ0v) is 13.3. The molecule has 0 spiro atoms. The van der Waals surface area contributed by atoms with E-state index in [1.165, 1.54) is 0 Å². The minimum Gasteiger partial charge on any atom is -0.330 e. The number of amides is 4. The summed E-state index contributed by atoms with van der Waals surface area (Å²) in [5.41, 5.74) is 0. The van der Waals surface area contributed by atoms with Gasteiger partial charge in [0.05, 0.1) is 11.0 Å². The van der Waals surface area contributed by atoms with Gasteiger partial charge in [0.15, 0.2) is 5.25 Å². The highest BCUT2D eigenvalue weighted by atomic mass is 32.2. The van der Waals surface area contributed by atoms with Crippen LogP contribution in [-0.2, 0) is 38.8 Å². The number of hydrogen-bond acceptors (Lipinski definition) is 9. The van der Waals surface area contributed by atoms with Crippen molar-refractivity contribution < 1.29 is 37.2 Å². The summed E-state index contributed by atoms with van der Waals surface area (Å²) in [6.07, 6.45) is 0.944. The Morgan fingerprint density at radius 2 is 1.80 bits per heavy atom. The first-order valence-corrected chi connectivity index (χ1v) is 8.37. The molecule has 2 aliphatic heterocycles. The van der Waals surface area contributed by atoms with Crippen molar-refractivity contribution in [1.82, 2.24) is 9.96 Å². The predicted octanol–water partition coefficient (Wildman–Crippen LogP) is -1.63. The molecule has 12 nitrogen and oxygen atoms in total. The van der Waals surface area contributed by atoms with Crippen molar-refractivity contribution in [2.45, 2.75) is 24.5 Å². The summed E-state index contributed by atoms with van der Waals surface area (Å²) >= 11 is 0. The number of sulfonamides is 1. The second-order valence-electron chi connectivity index (χ2n) is 5.04. The quantitative estimate of drug-likeness (QED) is 0.376. The average molecular weight is 373 g/mol. The van der Waals surface area contributed by atoms with E-state index in [9.17, 15) is 37.3 Å². The topological polar surface area (TPSA) is 165 Å². The summed E-state index contributed by atoms with van der Waals surface area (Å²) in [7, 11) is -4.71. The number of hydroxylamine groups is 2. The largest absolute Gasteiger partial charge is 0.333 e. The highest BCUT2D eigenvalue weighted by molar-refractivity contribution is 7.91.